The molecule has 1 atom stereocenters. The van der Waals surface area contributed by atoms with Gasteiger partial charge in [-0.15, -0.1) is 0 Å². The van der Waals surface area contributed by atoms with Gasteiger partial charge >= 0.3 is 12.1 Å². The lowest BCUT2D eigenvalue weighted by Gasteiger charge is -2.23. The summed E-state index contributed by atoms with van der Waals surface area (Å²) in [6.07, 6.45) is -4.43. The zero-order valence-corrected chi connectivity index (χ0v) is 16.2. The molecule has 0 fully saturated rings. The number of nitrogens with one attached hydrogen (secondary N) is 2. The summed E-state index contributed by atoms with van der Waals surface area (Å²) in [5.41, 5.74) is -2.73. The van der Waals surface area contributed by atoms with Gasteiger partial charge in [-0.25, -0.2) is 18.2 Å². The third-order valence-electron chi connectivity index (χ3n) is 4.76. The van der Waals surface area contributed by atoms with Crippen LogP contribution in [0, 0.1) is 23.4 Å². The van der Waals surface area contributed by atoms with Crippen molar-refractivity contribution in [3.05, 3.63) is 47.4 Å². The fraction of sp³-hybridized carbons (Fsp3) is 0.300. The van der Waals surface area contributed by atoms with Crippen LogP contribution in [-0.4, -0.2) is 27.1 Å². The molecule has 0 amide bonds. The molecule has 0 aliphatic heterocycles. The fourth-order valence-electron chi connectivity index (χ4n) is 3.18. The first kappa shape index (κ1) is 22.4. The largest absolute Gasteiger partial charge is 0.481 e. The Morgan fingerprint density at radius 3 is 2.42 bits per heavy atom. The predicted octanol–water partition coefficient (Wildman–Crippen LogP) is 5.58. The van der Waals surface area contributed by atoms with Gasteiger partial charge in [-0.2, -0.15) is 13.2 Å². The average molecular weight is 445 g/mol. The van der Waals surface area contributed by atoms with Crippen LogP contribution < -0.4 is 5.32 Å². The van der Waals surface area contributed by atoms with Gasteiger partial charge in [0.1, 0.15) is 11.6 Å². The maximum atomic E-state index is 14.5. The minimum absolute atomic E-state index is 0.209. The van der Waals surface area contributed by atoms with Gasteiger partial charge in [0, 0.05) is 29.3 Å². The molecular weight excluding hydrogens is 428 g/mol. The number of alkyl halides is 3. The number of hydrogen-bond acceptors (Lipinski definition) is 3. The molecule has 3 N–H and O–H groups in total. The summed E-state index contributed by atoms with van der Waals surface area (Å²) in [7, 11) is 0. The smallest absolute Gasteiger partial charge is 0.418 e. The molecule has 5 nitrogen and oxygen atoms in total. The van der Waals surface area contributed by atoms with Crippen molar-refractivity contribution >= 4 is 22.7 Å². The minimum atomic E-state index is -5.02. The number of carboxylic acids is 1. The molecule has 166 valence electrons. The SMILES string of the molecule is CC(C)[C@@H](CC(=O)O)Nc1nc(-c2c[nH]c3c(F)cc(F)cc23)c(C(F)(F)F)cc1F. The van der Waals surface area contributed by atoms with Crippen molar-refractivity contribution < 1.29 is 36.2 Å². The van der Waals surface area contributed by atoms with E-state index < -0.39 is 59.1 Å². The fourth-order valence-corrected chi connectivity index (χ4v) is 3.18. The molecule has 0 unspecified atom stereocenters. The maximum absolute atomic E-state index is 14.5. The third kappa shape index (κ3) is 4.59. The van der Waals surface area contributed by atoms with E-state index >= 15 is 0 Å². The molecule has 1 aromatic carbocycles. The second-order valence-corrected chi connectivity index (χ2v) is 7.32. The van der Waals surface area contributed by atoms with Gasteiger partial charge in [0.25, 0.3) is 0 Å². The molecule has 3 aromatic rings. The van der Waals surface area contributed by atoms with E-state index in [1.165, 1.54) is 0 Å². The Labute approximate surface area is 172 Å². The van der Waals surface area contributed by atoms with E-state index in [1.807, 2.05) is 0 Å². The van der Waals surface area contributed by atoms with E-state index in [-0.39, 0.29) is 28.5 Å². The van der Waals surface area contributed by atoms with Gasteiger partial charge in [-0.3, -0.25) is 4.79 Å². The molecule has 0 aliphatic carbocycles. The highest BCUT2D eigenvalue weighted by atomic mass is 19.4. The standard InChI is InChI=1S/C20H17F6N3O2/c1-8(2)15(6-16(30)31)28-19-14(23)5-12(20(24,25)26)17(29-19)11-7-27-18-10(11)3-9(21)4-13(18)22/h3-5,7-8,15,27H,6H2,1-2H3,(H,28,29)(H,30,31)/t15-/m1/s1. The highest BCUT2D eigenvalue weighted by Crippen LogP contribution is 2.40. The Morgan fingerprint density at radius 2 is 1.84 bits per heavy atom. The summed E-state index contributed by atoms with van der Waals surface area (Å²) in [5, 5.41) is 11.4. The first-order valence-corrected chi connectivity index (χ1v) is 9.11. The quantitative estimate of drug-likeness (QED) is 0.433. The number of rotatable bonds is 6. The van der Waals surface area contributed by atoms with Gasteiger partial charge in [-0.05, 0) is 18.1 Å². The van der Waals surface area contributed by atoms with E-state index in [2.05, 4.69) is 15.3 Å². The second-order valence-electron chi connectivity index (χ2n) is 7.32. The molecule has 11 heteroatoms. The molecule has 0 spiro atoms. The molecule has 0 aliphatic rings. The lowest BCUT2D eigenvalue weighted by atomic mass is 10.0. The zero-order valence-electron chi connectivity index (χ0n) is 16.2. The normalized spacial score (nSPS) is 13.1. The number of pyridine rings is 1. The van der Waals surface area contributed by atoms with E-state index in [0.717, 1.165) is 12.3 Å². The van der Waals surface area contributed by atoms with Gasteiger partial charge in [0.05, 0.1) is 23.2 Å². The number of carbonyl (C=O) groups is 1. The van der Waals surface area contributed by atoms with Crippen molar-refractivity contribution in [2.45, 2.75) is 32.5 Å². The maximum Gasteiger partial charge on any atom is 0.418 e. The van der Waals surface area contributed by atoms with E-state index in [4.69, 9.17) is 5.11 Å². The number of halogens is 6. The Bertz CT molecular complexity index is 1140. The van der Waals surface area contributed by atoms with Crippen molar-refractivity contribution in [2.24, 2.45) is 5.92 Å². The molecule has 2 heterocycles. The first-order chi connectivity index (χ1) is 14.4. The van der Waals surface area contributed by atoms with Gasteiger partial charge < -0.3 is 15.4 Å². The molecule has 31 heavy (non-hydrogen) atoms. The average Bonchev–Trinajstić information content (AvgIpc) is 3.05. The number of fused-ring (bicyclic) bond motifs is 1. The van der Waals surface area contributed by atoms with Crippen LogP contribution in [0.5, 0.6) is 0 Å². The number of carboxylic acid groups (broad SMARTS) is 1. The Balaban J connectivity index is 2.22. The lowest BCUT2D eigenvalue weighted by molar-refractivity contribution is -0.138. The van der Waals surface area contributed by atoms with E-state index in [9.17, 15) is 31.1 Å². The van der Waals surface area contributed by atoms with Crippen LogP contribution in [0.15, 0.2) is 24.4 Å². The Hall–Kier alpha value is -3.24. The third-order valence-corrected chi connectivity index (χ3v) is 4.76. The number of aromatic nitrogens is 2. The van der Waals surface area contributed by atoms with Crippen molar-refractivity contribution in [3.8, 4) is 11.3 Å². The lowest BCUT2D eigenvalue weighted by Crippen LogP contribution is -2.29. The number of anilines is 1. The molecule has 2 aromatic heterocycles. The summed E-state index contributed by atoms with van der Waals surface area (Å²) < 4.78 is 83.0. The van der Waals surface area contributed by atoms with Crippen LogP contribution in [0.25, 0.3) is 22.2 Å². The first-order valence-electron chi connectivity index (χ1n) is 9.11. The van der Waals surface area contributed by atoms with Gasteiger partial charge in [0.2, 0.25) is 0 Å². The number of aromatic amines is 1. The van der Waals surface area contributed by atoms with Crippen LogP contribution in [0.4, 0.5) is 32.2 Å². The minimum Gasteiger partial charge on any atom is -0.481 e. The summed E-state index contributed by atoms with van der Waals surface area (Å²) in [6, 6.07) is 0.792. The molecule has 0 saturated heterocycles. The Kier molecular flexibility index (Phi) is 5.88. The van der Waals surface area contributed by atoms with Gasteiger partial charge in [0.15, 0.2) is 11.6 Å². The number of hydrogen-bond donors (Lipinski definition) is 3. The second kappa shape index (κ2) is 8.12. The van der Waals surface area contributed by atoms with E-state index in [0.29, 0.717) is 6.07 Å². The van der Waals surface area contributed by atoms with Crippen LogP contribution in [0.1, 0.15) is 25.8 Å². The number of benzene rings is 1. The van der Waals surface area contributed by atoms with Crippen molar-refractivity contribution in [1.29, 1.82) is 0 Å². The number of H-pyrrole nitrogens is 1. The predicted molar refractivity (Wildman–Crippen MR) is 101 cm³/mol. The topological polar surface area (TPSA) is 78.0 Å². The van der Waals surface area contributed by atoms with Crippen molar-refractivity contribution in [1.82, 2.24) is 9.97 Å². The van der Waals surface area contributed by atoms with Crippen LogP contribution in [0.2, 0.25) is 0 Å². The molecular formula is C20H17F6N3O2. The molecule has 0 saturated carbocycles. The summed E-state index contributed by atoms with van der Waals surface area (Å²) in [4.78, 5) is 17.3. The highest BCUT2D eigenvalue weighted by Gasteiger charge is 2.37. The molecule has 0 bridgehead atoms. The summed E-state index contributed by atoms with van der Waals surface area (Å²) >= 11 is 0. The monoisotopic (exact) mass is 445 g/mol. The molecule has 3 rings (SSSR count). The number of aliphatic carboxylic acids is 1. The highest BCUT2D eigenvalue weighted by molar-refractivity contribution is 5.96. The summed E-state index contributed by atoms with van der Waals surface area (Å²) in [6.45, 7) is 3.30. The zero-order chi connectivity index (χ0) is 23.1. The summed E-state index contributed by atoms with van der Waals surface area (Å²) in [5.74, 6) is -5.49. The van der Waals surface area contributed by atoms with Crippen molar-refractivity contribution in [3.63, 3.8) is 0 Å². The van der Waals surface area contributed by atoms with Crippen LogP contribution in [-0.2, 0) is 11.0 Å². The van der Waals surface area contributed by atoms with Crippen LogP contribution >= 0.6 is 0 Å². The Morgan fingerprint density at radius 1 is 1.16 bits per heavy atom. The van der Waals surface area contributed by atoms with Crippen molar-refractivity contribution in [2.75, 3.05) is 5.32 Å². The van der Waals surface area contributed by atoms with Gasteiger partial charge in [-0.1, -0.05) is 13.8 Å². The van der Waals surface area contributed by atoms with Crippen LogP contribution in [0.3, 0.4) is 0 Å². The molecule has 0 radical (unpaired) electrons. The van der Waals surface area contributed by atoms with E-state index in [1.54, 1.807) is 13.8 Å². The number of nitrogens with zero attached hydrogens (tertiary/aromatic N) is 1.